The van der Waals surface area contributed by atoms with Crippen molar-refractivity contribution in [1.82, 2.24) is 14.8 Å². The first-order chi connectivity index (χ1) is 14.9. The van der Waals surface area contributed by atoms with Crippen LogP contribution in [0, 0.1) is 12.8 Å². The number of carbonyl (C=O) groups is 1. The van der Waals surface area contributed by atoms with Gasteiger partial charge in [0.15, 0.2) is 10.7 Å². The first-order valence-corrected chi connectivity index (χ1v) is 13.3. The third-order valence-corrected chi connectivity index (χ3v) is 8.94. The molecule has 2 aromatic rings. The summed E-state index contributed by atoms with van der Waals surface area (Å²) in [5, 5.41) is 9.01. The van der Waals surface area contributed by atoms with Gasteiger partial charge in [-0.15, -0.1) is 11.3 Å². The van der Waals surface area contributed by atoms with Crippen LogP contribution in [0.25, 0.3) is 12.2 Å². The summed E-state index contributed by atoms with van der Waals surface area (Å²) in [5.74, 6) is -0.123. The molecule has 7 nitrogen and oxygen atoms in total. The summed E-state index contributed by atoms with van der Waals surface area (Å²) in [6.07, 6.45) is 10.4. The number of nitrogens with zero attached hydrogens (tertiary/aromatic N) is 2. The van der Waals surface area contributed by atoms with E-state index >= 15 is 0 Å². The lowest BCUT2D eigenvalue weighted by atomic mass is 9.93. The third kappa shape index (κ3) is 5.10. The number of carbonyl (C=O) groups excluding carboxylic acids is 1. The van der Waals surface area contributed by atoms with Crippen molar-refractivity contribution >= 4 is 39.4 Å². The lowest BCUT2D eigenvalue weighted by molar-refractivity contribution is -0.127. The van der Waals surface area contributed by atoms with Crippen molar-refractivity contribution in [3.05, 3.63) is 33.8 Å². The zero-order chi connectivity index (χ0) is 21.8. The number of hydrogen-bond acceptors (Lipinski definition) is 6. The average molecular weight is 464 g/mol. The standard InChI is InChI=1S/C22H29N3O4S2/c1-16-21(20(29-24-16)12-11-19-10-6-14-30-19)31(27,28)25-13-5-7-17(15-25)22(26)23-18-8-3-2-4-9-18/h6,10-12,14,17-18H,2-5,7-9,13,15H2,1H3,(H,23,26)/b12-11+. The van der Waals surface area contributed by atoms with Crippen LogP contribution in [-0.4, -0.2) is 42.9 Å². The van der Waals surface area contributed by atoms with E-state index in [-0.39, 0.29) is 35.1 Å². The Morgan fingerprint density at radius 3 is 2.77 bits per heavy atom. The molecule has 1 unspecified atom stereocenters. The highest BCUT2D eigenvalue weighted by Crippen LogP contribution is 2.30. The zero-order valence-electron chi connectivity index (χ0n) is 17.7. The fraction of sp³-hybridized carbons (Fsp3) is 0.545. The van der Waals surface area contributed by atoms with Gasteiger partial charge in [0.2, 0.25) is 15.9 Å². The second kappa shape index (κ2) is 9.67. The Labute approximate surface area is 187 Å². The maximum atomic E-state index is 13.5. The fourth-order valence-electron chi connectivity index (χ4n) is 4.41. The second-order valence-electron chi connectivity index (χ2n) is 8.36. The number of sulfonamides is 1. The minimum Gasteiger partial charge on any atom is -0.355 e. The van der Waals surface area contributed by atoms with Gasteiger partial charge in [-0.25, -0.2) is 8.42 Å². The van der Waals surface area contributed by atoms with Crippen LogP contribution in [0.4, 0.5) is 0 Å². The van der Waals surface area contributed by atoms with E-state index in [2.05, 4.69) is 10.5 Å². The molecule has 1 aliphatic heterocycles. The van der Waals surface area contributed by atoms with E-state index in [1.807, 2.05) is 23.6 Å². The van der Waals surface area contributed by atoms with Gasteiger partial charge in [-0.2, -0.15) is 4.31 Å². The molecule has 0 aromatic carbocycles. The van der Waals surface area contributed by atoms with Crippen LogP contribution in [0.5, 0.6) is 0 Å². The molecule has 1 aliphatic carbocycles. The number of nitrogens with one attached hydrogen (secondary N) is 1. The molecule has 0 spiro atoms. The van der Waals surface area contributed by atoms with Crippen LogP contribution in [-0.2, 0) is 14.8 Å². The highest BCUT2D eigenvalue weighted by atomic mass is 32.2. The fourth-order valence-corrected chi connectivity index (χ4v) is 6.80. The largest absolute Gasteiger partial charge is 0.355 e. The predicted molar refractivity (Wildman–Crippen MR) is 121 cm³/mol. The summed E-state index contributed by atoms with van der Waals surface area (Å²) in [5.41, 5.74) is 0.333. The molecule has 31 heavy (non-hydrogen) atoms. The molecule has 1 amide bonds. The number of aromatic nitrogens is 1. The number of rotatable bonds is 6. The van der Waals surface area contributed by atoms with Gasteiger partial charge in [-0.3, -0.25) is 4.79 Å². The molecule has 3 heterocycles. The molecular formula is C22H29N3O4S2. The van der Waals surface area contributed by atoms with Crippen molar-refractivity contribution in [3.8, 4) is 0 Å². The van der Waals surface area contributed by atoms with Crippen LogP contribution in [0.1, 0.15) is 61.3 Å². The van der Waals surface area contributed by atoms with Crippen molar-refractivity contribution < 1.29 is 17.7 Å². The maximum absolute atomic E-state index is 13.5. The van der Waals surface area contributed by atoms with Gasteiger partial charge in [0.05, 0.1) is 5.92 Å². The van der Waals surface area contributed by atoms with Gasteiger partial charge in [0.1, 0.15) is 5.69 Å². The summed E-state index contributed by atoms with van der Waals surface area (Å²) in [4.78, 5) is 13.9. The minimum absolute atomic E-state index is 0.0216. The monoisotopic (exact) mass is 463 g/mol. The smallest absolute Gasteiger partial charge is 0.248 e. The third-order valence-electron chi connectivity index (χ3n) is 6.08. The Bertz CT molecular complexity index is 1020. The molecule has 1 saturated carbocycles. The van der Waals surface area contributed by atoms with E-state index in [9.17, 15) is 13.2 Å². The molecule has 9 heteroatoms. The summed E-state index contributed by atoms with van der Waals surface area (Å²) in [6, 6.07) is 4.10. The number of amides is 1. The first-order valence-electron chi connectivity index (χ1n) is 10.9. The number of thiophene rings is 1. The lowest BCUT2D eigenvalue weighted by Gasteiger charge is -2.32. The molecule has 1 atom stereocenters. The van der Waals surface area contributed by atoms with Gasteiger partial charge in [0, 0.05) is 24.0 Å². The SMILES string of the molecule is Cc1noc(/C=C/c2cccs2)c1S(=O)(=O)N1CCCC(C(=O)NC2CCCCC2)C1. The maximum Gasteiger partial charge on any atom is 0.248 e. The van der Waals surface area contributed by atoms with E-state index in [1.54, 1.807) is 24.3 Å². The van der Waals surface area contributed by atoms with E-state index in [0.717, 1.165) is 30.6 Å². The van der Waals surface area contributed by atoms with Gasteiger partial charge >= 0.3 is 0 Å². The summed E-state index contributed by atoms with van der Waals surface area (Å²) < 4.78 is 33.7. The number of piperidine rings is 1. The molecule has 2 fully saturated rings. The number of hydrogen-bond donors (Lipinski definition) is 1. The van der Waals surface area contributed by atoms with Gasteiger partial charge in [-0.1, -0.05) is 30.5 Å². The molecule has 1 N–H and O–H groups in total. The Kier molecular flexibility index (Phi) is 6.93. The van der Waals surface area contributed by atoms with Gasteiger partial charge in [0.25, 0.3) is 0 Å². The Morgan fingerprint density at radius 1 is 1.23 bits per heavy atom. The zero-order valence-corrected chi connectivity index (χ0v) is 19.4. The van der Waals surface area contributed by atoms with Crippen molar-refractivity contribution in [1.29, 1.82) is 0 Å². The Morgan fingerprint density at radius 2 is 2.03 bits per heavy atom. The van der Waals surface area contributed by atoms with Crippen LogP contribution < -0.4 is 5.32 Å². The highest BCUT2D eigenvalue weighted by molar-refractivity contribution is 7.89. The molecule has 2 aromatic heterocycles. The normalized spacial score (nSPS) is 21.5. The Balaban J connectivity index is 1.49. The Hall–Kier alpha value is -1.97. The summed E-state index contributed by atoms with van der Waals surface area (Å²) in [7, 11) is -3.82. The molecule has 0 radical (unpaired) electrons. The second-order valence-corrected chi connectivity index (χ2v) is 11.2. The van der Waals surface area contributed by atoms with Gasteiger partial charge in [-0.05, 0) is 56.2 Å². The lowest BCUT2D eigenvalue weighted by Crippen LogP contribution is -2.48. The first kappa shape index (κ1) is 22.2. The average Bonchev–Trinajstić information content (AvgIpc) is 3.42. The number of aryl methyl sites for hydroxylation is 1. The molecule has 2 aliphatic rings. The van der Waals surface area contributed by atoms with E-state index in [1.165, 1.54) is 10.7 Å². The van der Waals surface area contributed by atoms with E-state index in [4.69, 9.17) is 4.52 Å². The predicted octanol–water partition coefficient (Wildman–Crippen LogP) is 4.06. The van der Waals surface area contributed by atoms with Gasteiger partial charge < -0.3 is 9.84 Å². The quantitative estimate of drug-likeness (QED) is 0.697. The van der Waals surface area contributed by atoms with Crippen molar-refractivity contribution in [2.24, 2.45) is 5.92 Å². The van der Waals surface area contributed by atoms with Crippen molar-refractivity contribution in [2.75, 3.05) is 13.1 Å². The molecular weight excluding hydrogens is 434 g/mol. The van der Waals surface area contributed by atoms with E-state index in [0.29, 0.717) is 25.1 Å². The van der Waals surface area contributed by atoms with Crippen LogP contribution in [0.3, 0.4) is 0 Å². The van der Waals surface area contributed by atoms with Crippen LogP contribution >= 0.6 is 11.3 Å². The summed E-state index contributed by atoms with van der Waals surface area (Å²) >= 11 is 1.55. The molecule has 1 saturated heterocycles. The summed E-state index contributed by atoms with van der Waals surface area (Å²) in [6.45, 7) is 2.23. The van der Waals surface area contributed by atoms with Crippen molar-refractivity contribution in [3.63, 3.8) is 0 Å². The molecule has 168 valence electrons. The highest BCUT2D eigenvalue weighted by Gasteiger charge is 2.37. The van der Waals surface area contributed by atoms with Crippen LogP contribution in [0.15, 0.2) is 26.9 Å². The molecule has 0 bridgehead atoms. The topological polar surface area (TPSA) is 92.5 Å². The molecule has 4 rings (SSSR count). The van der Waals surface area contributed by atoms with Crippen LogP contribution in [0.2, 0.25) is 0 Å². The van der Waals surface area contributed by atoms with Crippen molar-refractivity contribution in [2.45, 2.75) is 62.8 Å². The minimum atomic E-state index is -3.82. The van der Waals surface area contributed by atoms with E-state index < -0.39 is 10.0 Å².